The minimum Gasteiger partial charge on any atom is -0.463 e. The number of likely N-dealkylation sites (N-methyl/N-ethyl adjacent to an activating group) is 2. The van der Waals surface area contributed by atoms with E-state index in [0.29, 0.717) is 30.3 Å². The molecule has 0 unspecified atom stereocenters. The van der Waals surface area contributed by atoms with Crippen LogP contribution in [-0.4, -0.2) is 84.7 Å². The van der Waals surface area contributed by atoms with Crippen molar-refractivity contribution in [3.63, 3.8) is 0 Å². The maximum absolute atomic E-state index is 16.5. The molecule has 6 rings (SSSR count). The van der Waals surface area contributed by atoms with Crippen molar-refractivity contribution in [1.82, 2.24) is 24.8 Å². The molecular formula is C30H33F3N8OS. The highest BCUT2D eigenvalue weighted by atomic mass is 32.1. The number of thiophene rings is 1. The van der Waals surface area contributed by atoms with Gasteiger partial charge in [-0.05, 0) is 59.4 Å². The summed E-state index contributed by atoms with van der Waals surface area (Å²) >= 11 is 0.735. The quantitative estimate of drug-likeness (QED) is 0.294. The zero-order chi connectivity index (χ0) is 30.6. The molecule has 43 heavy (non-hydrogen) atoms. The highest BCUT2D eigenvalue weighted by Gasteiger charge is 2.40. The fraction of sp³-hybridized carbons (Fsp3) is 0.467. The van der Waals surface area contributed by atoms with Gasteiger partial charge in [0.2, 0.25) is 0 Å². The zero-order valence-corrected chi connectivity index (χ0v) is 25.4. The zero-order valence-electron chi connectivity index (χ0n) is 24.5. The van der Waals surface area contributed by atoms with E-state index in [4.69, 9.17) is 15.5 Å². The second-order valence-corrected chi connectivity index (χ2v) is 13.0. The summed E-state index contributed by atoms with van der Waals surface area (Å²) in [6.07, 6.45) is 5.59. The largest absolute Gasteiger partial charge is 0.463 e. The molecule has 0 amide bonds. The van der Waals surface area contributed by atoms with Crippen LogP contribution >= 0.6 is 11.3 Å². The van der Waals surface area contributed by atoms with Crippen molar-refractivity contribution in [2.45, 2.75) is 31.2 Å². The van der Waals surface area contributed by atoms with Crippen LogP contribution < -0.4 is 15.4 Å². The number of hydrogen-bond acceptors (Lipinski definition) is 10. The molecule has 1 aromatic carbocycles. The number of rotatable bonds is 8. The molecule has 0 radical (unpaired) electrons. The van der Waals surface area contributed by atoms with Crippen LogP contribution in [0.1, 0.15) is 31.2 Å². The number of aromatic nitrogens is 3. The van der Waals surface area contributed by atoms with Gasteiger partial charge in [0.15, 0.2) is 17.5 Å². The summed E-state index contributed by atoms with van der Waals surface area (Å²) in [4.78, 5) is 20.0. The lowest BCUT2D eigenvalue weighted by Gasteiger charge is -2.49. The van der Waals surface area contributed by atoms with Crippen molar-refractivity contribution < 1.29 is 17.9 Å². The molecule has 1 atom stereocenters. The van der Waals surface area contributed by atoms with Crippen LogP contribution in [0.15, 0.2) is 12.3 Å². The van der Waals surface area contributed by atoms with E-state index in [9.17, 15) is 14.0 Å². The number of anilines is 2. The number of ether oxygens (including phenoxy) is 1. The molecule has 13 heteroatoms. The van der Waals surface area contributed by atoms with Crippen LogP contribution in [0, 0.1) is 34.7 Å². The molecule has 0 bridgehead atoms. The molecule has 3 aromatic heterocycles. The molecule has 9 nitrogen and oxygen atoms in total. The van der Waals surface area contributed by atoms with Crippen LogP contribution in [0.25, 0.3) is 32.2 Å². The van der Waals surface area contributed by atoms with E-state index in [1.165, 1.54) is 6.20 Å². The average Bonchev–Trinajstić information content (AvgIpc) is 3.53. The van der Waals surface area contributed by atoms with Gasteiger partial charge in [-0.1, -0.05) is 0 Å². The smallest absolute Gasteiger partial charge is 0.319 e. The van der Waals surface area contributed by atoms with Gasteiger partial charge in [-0.2, -0.15) is 15.2 Å². The Bertz CT molecular complexity index is 1770. The predicted octanol–water partition coefficient (Wildman–Crippen LogP) is 5.03. The monoisotopic (exact) mass is 610 g/mol. The maximum atomic E-state index is 16.5. The molecule has 4 heterocycles. The van der Waals surface area contributed by atoms with Crippen molar-refractivity contribution in [3.05, 3.63) is 35.3 Å². The lowest BCUT2D eigenvalue weighted by Crippen LogP contribution is -2.56. The van der Waals surface area contributed by atoms with Crippen molar-refractivity contribution in [3.8, 4) is 23.3 Å². The van der Waals surface area contributed by atoms with E-state index < -0.39 is 17.5 Å². The van der Waals surface area contributed by atoms with E-state index in [2.05, 4.69) is 40.9 Å². The molecule has 1 aliphatic heterocycles. The average molecular weight is 611 g/mol. The maximum Gasteiger partial charge on any atom is 0.319 e. The Labute approximate surface area is 251 Å². The van der Waals surface area contributed by atoms with Gasteiger partial charge >= 0.3 is 6.01 Å². The molecule has 2 fully saturated rings. The van der Waals surface area contributed by atoms with E-state index in [-0.39, 0.29) is 49.0 Å². The lowest BCUT2D eigenvalue weighted by atomic mass is 9.75. The van der Waals surface area contributed by atoms with Gasteiger partial charge in [0.05, 0.1) is 22.3 Å². The second-order valence-electron chi connectivity index (χ2n) is 11.9. The molecule has 2 N–H and O–H groups in total. The SMILES string of the molecule is CN1CC[C@H](COc2nc(N(C)CC3(N(C)C)CCC3)c3cnc(-c4cc(F)c(F)c5sc(N)c(C#N)c45)c(F)c3n2)C1. The van der Waals surface area contributed by atoms with Crippen LogP contribution in [0.5, 0.6) is 6.01 Å². The number of nitrogens with zero attached hydrogens (tertiary/aromatic N) is 7. The van der Waals surface area contributed by atoms with Gasteiger partial charge in [0.25, 0.3) is 0 Å². The molecule has 1 saturated carbocycles. The second kappa shape index (κ2) is 11.1. The molecule has 2 aliphatic rings. The number of pyridine rings is 1. The van der Waals surface area contributed by atoms with Gasteiger partial charge in [-0.3, -0.25) is 4.98 Å². The van der Waals surface area contributed by atoms with Gasteiger partial charge in [-0.25, -0.2) is 13.2 Å². The summed E-state index contributed by atoms with van der Waals surface area (Å²) in [5.41, 5.74) is 5.44. The number of nitrogen functional groups attached to an aromatic ring is 1. The van der Waals surface area contributed by atoms with E-state index in [0.717, 1.165) is 56.2 Å². The molecule has 226 valence electrons. The van der Waals surface area contributed by atoms with Crippen LogP contribution in [0.2, 0.25) is 0 Å². The summed E-state index contributed by atoms with van der Waals surface area (Å²) in [7, 11) is 8.07. The highest BCUT2D eigenvalue weighted by Crippen LogP contribution is 2.43. The Hall–Kier alpha value is -3.73. The summed E-state index contributed by atoms with van der Waals surface area (Å²) in [6.45, 7) is 2.87. The first-order valence-corrected chi connectivity index (χ1v) is 15.0. The van der Waals surface area contributed by atoms with Crippen molar-refractivity contribution in [2.75, 3.05) is 65.1 Å². The van der Waals surface area contributed by atoms with Gasteiger partial charge in [-0.15, -0.1) is 11.3 Å². The van der Waals surface area contributed by atoms with E-state index >= 15 is 4.39 Å². The Balaban J connectivity index is 1.50. The summed E-state index contributed by atoms with van der Waals surface area (Å²) < 4.78 is 51.9. The Morgan fingerprint density at radius 1 is 1.21 bits per heavy atom. The summed E-state index contributed by atoms with van der Waals surface area (Å²) in [6, 6.07) is 2.82. The lowest BCUT2D eigenvalue weighted by molar-refractivity contribution is 0.0682. The molecular weight excluding hydrogens is 577 g/mol. The normalized spacial score (nSPS) is 18.3. The number of nitriles is 1. The number of likely N-dealkylation sites (tertiary alicyclic amines) is 1. The topological polar surface area (TPSA) is 107 Å². The van der Waals surface area contributed by atoms with E-state index in [1.807, 2.05) is 18.0 Å². The Kier molecular flexibility index (Phi) is 7.56. The summed E-state index contributed by atoms with van der Waals surface area (Å²) in [5, 5.41) is 10.1. The Morgan fingerprint density at radius 3 is 2.60 bits per heavy atom. The first-order chi connectivity index (χ1) is 20.5. The number of nitrogens with two attached hydrogens (primary N) is 1. The third-order valence-corrected chi connectivity index (χ3v) is 9.97. The molecule has 1 aliphatic carbocycles. The van der Waals surface area contributed by atoms with Crippen molar-refractivity contribution >= 4 is 43.1 Å². The molecule has 1 saturated heterocycles. The van der Waals surface area contributed by atoms with Crippen LogP contribution in [-0.2, 0) is 0 Å². The van der Waals surface area contributed by atoms with Crippen LogP contribution in [0.3, 0.4) is 0 Å². The van der Waals surface area contributed by atoms with Crippen molar-refractivity contribution in [1.29, 1.82) is 5.26 Å². The third kappa shape index (κ3) is 5.01. The van der Waals surface area contributed by atoms with Gasteiger partial charge in [0.1, 0.15) is 28.1 Å². The number of hydrogen-bond donors (Lipinski definition) is 1. The number of benzene rings is 1. The minimum absolute atomic E-state index is 0.00902. The minimum atomic E-state index is -1.20. The fourth-order valence-corrected chi connectivity index (χ4v) is 7.27. The molecule has 0 spiro atoms. The first-order valence-electron chi connectivity index (χ1n) is 14.2. The molecule has 4 aromatic rings. The standard InChI is InChI=1S/C30H33F3N8OS/c1-39(2)30(7-5-8-30)15-41(4)28-19-12-36-24(17-10-20(31)22(32)26-21(17)18(11-34)27(35)43-26)23(33)25(19)37-29(38-28)42-14-16-6-9-40(3)13-16/h10,12,16H,5-9,13-15,35H2,1-4H3/t16-/m0/s1. The van der Waals surface area contributed by atoms with Crippen LogP contribution in [0.4, 0.5) is 24.0 Å². The van der Waals surface area contributed by atoms with E-state index in [1.54, 1.807) is 0 Å². The first kappa shape index (κ1) is 29.3. The fourth-order valence-electron chi connectivity index (χ4n) is 6.30. The van der Waals surface area contributed by atoms with Gasteiger partial charge in [0, 0.05) is 48.7 Å². The summed E-state index contributed by atoms with van der Waals surface area (Å²) in [5.74, 6) is -2.45. The number of fused-ring (bicyclic) bond motifs is 2. The van der Waals surface area contributed by atoms with Gasteiger partial charge < -0.3 is 25.2 Å². The van der Waals surface area contributed by atoms with Crippen molar-refractivity contribution in [2.24, 2.45) is 5.92 Å². The number of halogens is 3. The predicted molar refractivity (Wildman–Crippen MR) is 162 cm³/mol. The Morgan fingerprint density at radius 2 is 1.98 bits per heavy atom. The third-order valence-electron chi connectivity index (χ3n) is 8.96. The highest BCUT2D eigenvalue weighted by molar-refractivity contribution is 7.23.